The Balaban J connectivity index is 1.59. The summed E-state index contributed by atoms with van der Waals surface area (Å²) < 4.78 is 5.78. The van der Waals surface area contributed by atoms with Gasteiger partial charge in [-0.25, -0.2) is 4.98 Å². The van der Waals surface area contributed by atoms with Crippen LogP contribution in [0.4, 0.5) is 17.2 Å². The second-order valence-electron chi connectivity index (χ2n) is 7.20. The minimum Gasteiger partial charge on any atom is -0.457 e. The van der Waals surface area contributed by atoms with E-state index in [4.69, 9.17) is 4.74 Å². The van der Waals surface area contributed by atoms with Gasteiger partial charge in [-0.1, -0.05) is 39.0 Å². The summed E-state index contributed by atoms with van der Waals surface area (Å²) in [6.07, 6.45) is 1.69. The second kappa shape index (κ2) is 7.91. The molecule has 3 aromatic rings. The number of carbonyl (C=O) groups excluding carboxylic acids is 1. The molecule has 1 heterocycles. The van der Waals surface area contributed by atoms with Crippen molar-refractivity contribution in [3.8, 4) is 11.5 Å². The monoisotopic (exact) mass is 361 g/mol. The zero-order valence-electron chi connectivity index (χ0n) is 15.7. The van der Waals surface area contributed by atoms with E-state index in [-0.39, 0.29) is 5.91 Å². The highest BCUT2D eigenvalue weighted by atomic mass is 16.5. The number of nitrogens with zero attached hydrogens (tertiary/aromatic N) is 1. The van der Waals surface area contributed by atoms with Gasteiger partial charge in [0, 0.05) is 11.1 Å². The maximum Gasteiger partial charge on any atom is 0.230 e. The predicted octanol–water partition coefficient (Wildman–Crippen LogP) is 5.60. The van der Waals surface area contributed by atoms with Crippen LogP contribution in [-0.4, -0.2) is 10.9 Å². The third-order valence-electron chi connectivity index (χ3n) is 3.81. The van der Waals surface area contributed by atoms with Gasteiger partial charge in [0.25, 0.3) is 0 Å². The van der Waals surface area contributed by atoms with Crippen LogP contribution in [-0.2, 0) is 4.79 Å². The van der Waals surface area contributed by atoms with Gasteiger partial charge in [-0.3, -0.25) is 4.79 Å². The molecule has 0 radical (unpaired) electrons. The Bertz CT molecular complexity index is 884. The number of nitrogens with one attached hydrogen (secondary N) is 2. The minimum atomic E-state index is -0.456. The van der Waals surface area contributed by atoms with Crippen LogP contribution in [0.5, 0.6) is 11.5 Å². The van der Waals surface area contributed by atoms with Gasteiger partial charge >= 0.3 is 0 Å². The third-order valence-corrected chi connectivity index (χ3v) is 3.81. The predicted molar refractivity (Wildman–Crippen MR) is 109 cm³/mol. The molecule has 1 amide bonds. The van der Waals surface area contributed by atoms with Crippen molar-refractivity contribution < 1.29 is 9.53 Å². The van der Waals surface area contributed by atoms with Gasteiger partial charge in [0.15, 0.2) is 0 Å². The Morgan fingerprint density at radius 2 is 1.48 bits per heavy atom. The molecule has 0 aliphatic rings. The maximum absolute atomic E-state index is 12.0. The Labute approximate surface area is 159 Å². The molecule has 0 spiro atoms. The Morgan fingerprint density at radius 1 is 0.852 bits per heavy atom. The quantitative estimate of drug-likeness (QED) is 0.621. The summed E-state index contributed by atoms with van der Waals surface area (Å²) in [5.41, 5.74) is 1.30. The van der Waals surface area contributed by atoms with E-state index in [0.29, 0.717) is 5.82 Å². The lowest BCUT2D eigenvalue weighted by Crippen LogP contribution is -2.27. The minimum absolute atomic E-state index is 0.0651. The number of para-hydroxylation sites is 1. The molecule has 0 atom stereocenters. The molecule has 2 aromatic carbocycles. The molecule has 1 aromatic heterocycles. The fourth-order valence-corrected chi connectivity index (χ4v) is 2.24. The highest BCUT2D eigenvalue weighted by Crippen LogP contribution is 2.24. The fourth-order valence-electron chi connectivity index (χ4n) is 2.24. The maximum atomic E-state index is 12.0. The molecule has 0 unspecified atom stereocenters. The van der Waals surface area contributed by atoms with Crippen LogP contribution in [0.15, 0.2) is 72.9 Å². The van der Waals surface area contributed by atoms with E-state index in [1.165, 1.54) is 0 Å². The van der Waals surface area contributed by atoms with Crippen LogP contribution in [0.1, 0.15) is 20.8 Å². The molecule has 0 aliphatic carbocycles. The lowest BCUT2D eigenvalue weighted by atomic mass is 9.96. The molecule has 3 rings (SSSR count). The summed E-state index contributed by atoms with van der Waals surface area (Å²) >= 11 is 0. The second-order valence-corrected chi connectivity index (χ2v) is 7.20. The first kappa shape index (κ1) is 18.5. The van der Waals surface area contributed by atoms with Crippen molar-refractivity contribution in [1.29, 1.82) is 0 Å². The molecular formula is C22H23N3O2. The highest BCUT2D eigenvalue weighted by molar-refractivity contribution is 5.93. The van der Waals surface area contributed by atoms with E-state index < -0.39 is 5.41 Å². The number of pyridine rings is 1. The normalized spacial score (nSPS) is 10.9. The molecule has 0 saturated carbocycles. The standard InChI is InChI=1S/C22H23N3O2/c1-22(2,3)21(26)25-20-14-11-17(15-23-20)24-16-9-12-19(13-10-16)27-18-7-5-4-6-8-18/h4-15,24H,1-3H3,(H,23,25,26). The van der Waals surface area contributed by atoms with Crippen molar-refractivity contribution in [1.82, 2.24) is 4.98 Å². The number of rotatable bonds is 5. The topological polar surface area (TPSA) is 63.2 Å². The van der Waals surface area contributed by atoms with Crippen LogP contribution in [0.3, 0.4) is 0 Å². The summed E-state index contributed by atoms with van der Waals surface area (Å²) in [6, 6.07) is 21.0. The molecule has 0 fully saturated rings. The SMILES string of the molecule is CC(C)(C)C(=O)Nc1ccc(Nc2ccc(Oc3ccccc3)cc2)cn1. The first-order valence-corrected chi connectivity index (χ1v) is 8.78. The number of carbonyl (C=O) groups is 1. The summed E-state index contributed by atoms with van der Waals surface area (Å²) in [6.45, 7) is 5.59. The van der Waals surface area contributed by atoms with E-state index in [1.54, 1.807) is 12.3 Å². The number of anilines is 3. The number of hydrogen-bond acceptors (Lipinski definition) is 4. The largest absolute Gasteiger partial charge is 0.457 e. The van der Waals surface area contributed by atoms with Gasteiger partial charge in [-0.05, 0) is 48.5 Å². The van der Waals surface area contributed by atoms with Gasteiger partial charge in [0.05, 0.1) is 11.9 Å². The van der Waals surface area contributed by atoms with E-state index >= 15 is 0 Å². The van der Waals surface area contributed by atoms with E-state index in [9.17, 15) is 4.79 Å². The first-order chi connectivity index (χ1) is 12.9. The smallest absolute Gasteiger partial charge is 0.230 e. The molecule has 0 bridgehead atoms. The lowest BCUT2D eigenvalue weighted by Gasteiger charge is -2.17. The molecule has 2 N–H and O–H groups in total. The molecule has 27 heavy (non-hydrogen) atoms. The van der Waals surface area contributed by atoms with Crippen LogP contribution >= 0.6 is 0 Å². The first-order valence-electron chi connectivity index (χ1n) is 8.78. The van der Waals surface area contributed by atoms with E-state index in [2.05, 4.69) is 15.6 Å². The summed E-state index contributed by atoms with van der Waals surface area (Å²) in [7, 11) is 0. The number of hydrogen-bond donors (Lipinski definition) is 2. The molecule has 138 valence electrons. The van der Waals surface area contributed by atoms with Crippen molar-refractivity contribution in [2.75, 3.05) is 10.6 Å². The molecule has 0 aliphatic heterocycles. The Morgan fingerprint density at radius 3 is 2.07 bits per heavy atom. The zero-order chi connectivity index (χ0) is 19.3. The summed E-state index contributed by atoms with van der Waals surface area (Å²) in [5.74, 6) is 2.04. The highest BCUT2D eigenvalue weighted by Gasteiger charge is 2.21. The summed E-state index contributed by atoms with van der Waals surface area (Å²) in [5, 5.41) is 6.08. The van der Waals surface area contributed by atoms with Gasteiger partial charge in [-0.2, -0.15) is 0 Å². The fraction of sp³-hybridized carbons (Fsp3) is 0.182. The van der Waals surface area contributed by atoms with Crippen molar-refractivity contribution in [2.24, 2.45) is 5.41 Å². The molecule has 5 heteroatoms. The third kappa shape index (κ3) is 5.31. The Hall–Kier alpha value is -3.34. The zero-order valence-corrected chi connectivity index (χ0v) is 15.7. The molecule has 5 nitrogen and oxygen atoms in total. The van der Waals surface area contributed by atoms with Crippen molar-refractivity contribution >= 4 is 23.1 Å². The average Bonchev–Trinajstić information content (AvgIpc) is 2.65. The van der Waals surface area contributed by atoms with Crippen molar-refractivity contribution in [2.45, 2.75) is 20.8 Å². The van der Waals surface area contributed by atoms with E-state index in [0.717, 1.165) is 22.9 Å². The average molecular weight is 361 g/mol. The number of amides is 1. The number of benzene rings is 2. The van der Waals surface area contributed by atoms with Gasteiger partial charge in [-0.15, -0.1) is 0 Å². The number of aromatic nitrogens is 1. The van der Waals surface area contributed by atoms with E-state index in [1.807, 2.05) is 81.4 Å². The summed E-state index contributed by atoms with van der Waals surface area (Å²) in [4.78, 5) is 16.3. The van der Waals surface area contributed by atoms with Crippen molar-refractivity contribution in [3.05, 3.63) is 72.9 Å². The van der Waals surface area contributed by atoms with Crippen molar-refractivity contribution in [3.63, 3.8) is 0 Å². The molecule has 0 saturated heterocycles. The van der Waals surface area contributed by atoms with Crippen LogP contribution in [0, 0.1) is 5.41 Å². The van der Waals surface area contributed by atoms with Crippen LogP contribution in [0.25, 0.3) is 0 Å². The van der Waals surface area contributed by atoms with Gasteiger partial charge in [0.1, 0.15) is 17.3 Å². The number of ether oxygens (including phenoxy) is 1. The van der Waals surface area contributed by atoms with Gasteiger partial charge < -0.3 is 15.4 Å². The molecular weight excluding hydrogens is 338 g/mol. The van der Waals surface area contributed by atoms with Gasteiger partial charge in [0.2, 0.25) is 5.91 Å². The lowest BCUT2D eigenvalue weighted by molar-refractivity contribution is -0.123. The van der Waals surface area contributed by atoms with Crippen LogP contribution in [0.2, 0.25) is 0 Å². The Kier molecular flexibility index (Phi) is 5.41. The van der Waals surface area contributed by atoms with Crippen LogP contribution < -0.4 is 15.4 Å².